The third-order valence-electron chi connectivity index (χ3n) is 15.9. The molecule has 0 unspecified atom stereocenters. The van der Waals surface area contributed by atoms with Crippen molar-refractivity contribution in [2.45, 2.75) is 62.3 Å². The Balaban J connectivity index is 1.38. The Bertz CT molecular complexity index is 4650. The Labute approximate surface area is 435 Å². The number of benzene rings is 9. The summed E-state index contributed by atoms with van der Waals surface area (Å²) in [6.07, 6.45) is 0. The molecule has 0 bridgehead atoms. The zero-order valence-corrected chi connectivity index (χ0v) is 43.8. The second-order valence-corrected chi connectivity index (χ2v) is 21.4. The molecule has 6 nitrogen and oxygen atoms in total. The number of aryl methyl sites for hydroxylation is 9. The maximum absolute atomic E-state index is 12.8. The number of aromatic nitrogens is 5. The Hall–Kier alpha value is -9.18. The van der Waals surface area contributed by atoms with E-state index in [1.54, 1.807) is 0 Å². The molecule has 6 heteroatoms. The van der Waals surface area contributed by atoms with Gasteiger partial charge in [0.25, 0.3) is 0 Å². The second-order valence-electron chi connectivity index (χ2n) is 21.4. The zero-order valence-electron chi connectivity index (χ0n) is 43.8. The summed E-state index contributed by atoms with van der Waals surface area (Å²) in [5.74, 6) is 0. The molecule has 5 aromatic heterocycles. The fraction of sp³-hybridized carbons (Fsp3) is 0.130. The molecular formula is C69H54N6. The van der Waals surface area contributed by atoms with Gasteiger partial charge in [-0.05, 0) is 172 Å². The molecule has 0 saturated carbocycles. The third kappa shape index (κ3) is 6.47. The lowest BCUT2D eigenvalue weighted by atomic mass is 9.95. The molecule has 0 amide bonds. The molecule has 360 valence electrons. The van der Waals surface area contributed by atoms with Crippen LogP contribution in [-0.2, 0) is 0 Å². The van der Waals surface area contributed by atoms with Gasteiger partial charge in [0.2, 0.25) is 0 Å². The molecule has 75 heavy (non-hydrogen) atoms. The van der Waals surface area contributed by atoms with Crippen molar-refractivity contribution in [2.24, 2.45) is 0 Å². The molecule has 0 saturated heterocycles. The van der Waals surface area contributed by atoms with Gasteiger partial charge in [-0.2, -0.15) is 5.26 Å². The van der Waals surface area contributed by atoms with E-state index in [1.165, 1.54) is 44.5 Å². The summed E-state index contributed by atoms with van der Waals surface area (Å²) in [7, 11) is 0. The van der Waals surface area contributed by atoms with Crippen LogP contribution in [-0.4, -0.2) is 23.3 Å². The van der Waals surface area contributed by atoms with Crippen LogP contribution in [0, 0.1) is 73.6 Å². The van der Waals surface area contributed by atoms with Crippen molar-refractivity contribution >= 4 is 87.2 Å². The first-order valence-corrected chi connectivity index (χ1v) is 26.0. The minimum absolute atomic E-state index is 0.536. The van der Waals surface area contributed by atoms with Crippen LogP contribution in [0.15, 0.2) is 164 Å². The van der Waals surface area contributed by atoms with E-state index in [2.05, 4.69) is 250 Å². The van der Waals surface area contributed by atoms with E-state index < -0.39 is 0 Å². The number of hydrogen-bond donors (Lipinski definition) is 0. The first kappa shape index (κ1) is 44.5. The second kappa shape index (κ2) is 16.2. The molecule has 0 aliphatic heterocycles. The molecule has 0 atom stereocenters. The van der Waals surface area contributed by atoms with Crippen molar-refractivity contribution < 1.29 is 0 Å². The third-order valence-corrected chi connectivity index (χ3v) is 15.9. The molecule has 9 aromatic carbocycles. The normalized spacial score (nSPS) is 12.1. The number of pyridine rings is 1. The molecule has 0 aliphatic carbocycles. The van der Waals surface area contributed by atoms with Crippen LogP contribution < -0.4 is 0 Å². The smallest absolute Gasteiger partial charge is 0.104 e. The van der Waals surface area contributed by atoms with Crippen LogP contribution >= 0.6 is 0 Å². The highest BCUT2D eigenvalue weighted by Crippen LogP contribution is 2.52. The van der Waals surface area contributed by atoms with E-state index in [9.17, 15) is 5.26 Å². The fourth-order valence-electron chi connectivity index (χ4n) is 12.6. The minimum Gasteiger partial charge on any atom is -0.307 e. The number of nitrogens with zero attached hydrogens (tertiary/aromatic N) is 6. The average Bonchev–Trinajstić information content (AvgIpc) is 4.10. The SMILES string of the molecule is Cc1ccc2c(c1)c1cc(C)ccc1n2-c1c(C#N)c(-n2c3ccc(C)cc3c3cc(C)ccc32)c(-n2c3ccc(C)cc3c3cc(C)ccc32)c(-n2c3ccc(C)cc3c3cc(C)ccc32)c1-c1cccc(C)n1. The van der Waals surface area contributed by atoms with Gasteiger partial charge in [-0.1, -0.05) is 99.1 Å². The highest BCUT2D eigenvalue weighted by Gasteiger charge is 2.35. The lowest BCUT2D eigenvalue weighted by molar-refractivity contribution is 1.02. The van der Waals surface area contributed by atoms with Crippen LogP contribution in [0.25, 0.3) is 121 Å². The van der Waals surface area contributed by atoms with Gasteiger partial charge in [-0.3, -0.25) is 4.98 Å². The van der Waals surface area contributed by atoms with E-state index in [0.29, 0.717) is 5.56 Å². The van der Waals surface area contributed by atoms with Gasteiger partial charge in [0.15, 0.2) is 0 Å². The van der Waals surface area contributed by atoms with Gasteiger partial charge >= 0.3 is 0 Å². The van der Waals surface area contributed by atoms with Crippen LogP contribution in [0.1, 0.15) is 55.8 Å². The average molecular weight is 967 g/mol. The molecule has 5 heterocycles. The van der Waals surface area contributed by atoms with Gasteiger partial charge in [-0.25, -0.2) is 0 Å². The van der Waals surface area contributed by atoms with Crippen molar-refractivity contribution in [2.75, 3.05) is 0 Å². The number of fused-ring (bicyclic) bond motifs is 12. The van der Waals surface area contributed by atoms with Crippen molar-refractivity contribution in [1.82, 2.24) is 23.3 Å². The lowest BCUT2D eigenvalue weighted by Gasteiger charge is -2.29. The molecule has 14 aromatic rings. The zero-order chi connectivity index (χ0) is 51.3. The van der Waals surface area contributed by atoms with Gasteiger partial charge in [-0.15, -0.1) is 0 Å². The van der Waals surface area contributed by atoms with Gasteiger partial charge in [0.05, 0.1) is 78.1 Å². The van der Waals surface area contributed by atoms with Crippen LogP contribution in [0.3, 0.4) is 0 Å². The Morgan fingerprint density at radius 2 is 0.573 bits per heavy atom. The first-order valence-electron chi connectivity index (χ1n) is 26.0. The molecule has 0 aliphatic rings. The molecular weight excluding hydrogens is 913 g/mol. The largest absolute Gasteiger partial charge is 0.307 e. The molecule has 0 radical (unpaired) electrons. The highest BCUT2D eigenvalue weighted by atomic mass is 15.1. The van der Waals surface area contributed by atoms with Crippen molar-refractivity contribution in [3.63, 3.8) is 0 Å². The summed E-state index contributed by atoms with van der Waals surface area (Å²) >= 11 is 0. The summed E-state index contributed by atoms with van der Waals surface area (Å²) in [6.45, 7) is 19.5. The van der Waals surface area contributed by atoms with Crippen molar-refractivity contribution in [3.05, 3.63) is 220 Å². The quantitative estimate of drug-likeness (QED) is 0.173. The predicted octanol–water partition coefficient (Wildman–Crippen LogP) is 17.8. The number of nitriles is 1. The standard InChI is InChI=1S/C69H54N6/c1-38-13-21-57-47(29-38)48-30-39(2)14-22-58(48)72(57)66-55(37-70)67(73-59-23-15-40(3)31-49(59)50-32-41(4)16-24-60(50)73)69(75-63-27-19-44(7)35-53(63)54-36-45(8)20-28-64(54)75)68(65(66)56-12-10-11-46(9)71-56)74-61-25-17-42(5)33-51(61)52-34-43(6)18-26-62(52)74/h10-36H,1-9H3. The van der Waals surface area contributed by atoms with E-state index in [1.807, 2.05) is 0 Å². The van der Waals surface area contributed by atoms with E-state index in [0.717, 1.165) is 127 Å². The summed E-state index contributed by atoms with van der Waals surface area (Å²) < 4.78 is 9.80. The van der Waals surface area contributed by atoms with E-state index in [-0.39, 0.29) is 0 Å². The Morgan fingerprint density at radius 1 is 0.307 bits per heavy atom. The maximum atomic E-state index is 12.8. The van der Waals surface area contributed by atoms with Crippen molar-refractivity contribution in [3.8, 4) is 40.1 Å². The number of hydrogen-bond acceptors (Lipinski definition) is 2. The number of rotatable bonds is 5. The van der Waals surface area contributed by atoms with Crippen molar-refractivity contribution in [1.29, 1.82) is 5.26 Å². The summed E-state index contributed by atoms with van der Waals surface area (Å²) in [6, 6.07) is 63.9. The van der Waals surface area contributed by atoms with Gasteiger partial charge in [0, 0.05) is 48.8 Å². The molecule has 0 fully saturated rings. The topological polar surface area (TPSA) is 56.4 Å². The van der Waals surface area contributed by atoms with Gasteiger partial charge in [0.1, 0.15) is 11.6 Å². The highest BCUT2D eigenvalue weighted by molar-refractivity contribution is 6.17. The fourth-order valence-corrected chi connectivity index (χ4v) is 12.6. The van der Waals surface area contributed by atoms with Crippen LogP contribution in [0.5, 0.6) is 0 Å². The minimum atomic E-state index is 0.536. The molecule has 14 rings (SSSR count). The monoisotopic (exact) mass is 966 g/mol. The van der Waals surface area contributed by atoms with Crippen LogP contribution in [0.2, 0.25) is 0 Å². The summed E-state index contributed by atoms with van der Waals surface area (Å²) in [4.78, 5) is 5.57. The first-order chi connectivity index (χ1) is 36.3. The summed E-state index contributed by atoms with van der Waals surface area (Å²) in [5, 5.41) is 22.0. The Kier molecular flexibility index (Phi) is 9.59. The maximum Gasteiger partial charge on any atom is 0.104 e. The molecule has 0 N–H and O–H groups in total. The Morgan fingerprint density at radius 3 is 0.853 bits per heavy atom. The lowest BCUT2D eigenvalue weighted by Crippen LogP contribution is -2.17. The predicted molar refractivity (Wildman–Crippen MR) is 314 cm³/mol. The van der Waals surface area contributed by atoms with E-state index >= 15 is 0 Å². The van der Waals surface area contributed by atoms with Gasteiger partial charge < -0.3 is 18.3 Å². The summed E-state index contributed by atoms with van der Waals surface area (Å²) in [5.41, 5.74) is 24.1. The van der Waals surface area contributed by atoms with E-state index in [4.69, 9.17) is 4.98 Å². The molecule has 0 spiro atoms. The van der Waals surface area contributed by atoms with Crippen LogP contribution in [0.4, 0.5) is 0 Å².